The summed E-state index contributed by atoms with van der Waals surface area (Å²) < 4.78 is 0. The largest absolute Gasteiger partial charge is 0.351 e. The lowest BCUT2D eigenvalue weighted by Gasteiger charge is -2.33. The van der Waals surface area contributed by atoms with Gasteiger partial charge in [0.2, 0.25) is 11.8 Å². The predicted octanol–water partition coefficient (Wildman–Crippen LogP) is 5.82. The van der Waals surface area contributed by atoms with E-state index in [0.717, 1.165) is 42.4 Å². The maximum Gasteiger partial charge on any atom is 0.247 e. The lowest BCUT2D eigenvalue weighted by atomic mass is 9.94. The van der Waals surface area contributed by atoms with Gasteiger partial charge in [0.15, 0.2) is 0 Å². The number of nitrogens with one attached hydrogen (secondary N) is 1. The van der Waals surface area contributed by atoms with Crippen molar-refractivity contribution in [3.05, 3.63) is 93.7 Å². The van der Waals surface area contributed by atoms with E-state index in [2.05, 4.69) is 17.4 Å². The highest BCUT2D eigenvalue weighted by Gasteiger charge is 2.33. The van der Waals surface area contributed by atoms with Crippen molar-refractivity contribution in [3.8, 4) is 0 Å². The standard InChI is InChI=1S/C28H32N2O2S/c1-21-12-14-22(15-13-21)19-30(26(31)18-23-16-17-33-20-23)27(24-8-4-2-5-9-24)28(32)29-25-10-6-3-7-11-25/h2,4-5,8-9,12-17,20,25,27H,3,6-7,10-11,18-19H2,1H3,(H,29,32). The summed E-state index contributed by atoms with van der Waals surface area (Å²) in [6.45, 7) is 2.44. The SMILES string of the molecule is Cc1ccc(CN(C(=O)Cc2ccsc2)C(C(=O)NC2CCCCC2)c2ccccc2)cc1. The molecule has 0 bridgehead atoms. The van der Waals surface area contributed by atoms with E-state index in [-0.39, 0.29) is 24.3 Å². The molecule has 0 saturated heterocycles. The number of hydrogen-bond donors (Lipinski definition) is 1. The lowest BCUT2D eigenvalue weighted by Crippen LogP contribution is -2.47. The van der Waals surface area contributed by atoms with Crippen LogP contribution in [0.1, 0.15) is 60.4 Å². The van der Waals surface area contributed by atoms with Crippen LogP contribution in [-0.2, 0) is 22.6 Å². The summed E-state index contributed by atoms with van der Waals surface area (Å²) in [5.41, 5.74) is 4.02. The molecule has 4 rings (SSSR count). The van der Waals surface area contributed by atoms with Crippen molar-refractivity contribution in [3.63, 3.8) is 0 Å². The normalized spacial score (nSPS) is 15.1. The van der Waals surface area contributed by atoms with Crippen LogP contribution in [0.4, 0.5) is 0 Å². The van der Waals surface area contributed by atoms with Gasteiger partial charge in [0.25, 0.3) is 0 Å². The number of rotatable bonds is 8. The molecule has 2 amide bonds. The molecule has 4 nitrogen and oxygen atoms in total. The summed E-state index contributed by atoms with van der Waals surface area (Å²) in [6, 6.07) is 19.4. The van der Waals surface area contributed by atoms with Crippen molar-refractivity contribution < 1.29 is 9.59 Å². The van der Waals surface area contributed by atoms with Crippen LogP contribution in [0.3, 0.4) is 0 Å². The molecule has 3 aromatic rings. The maximum absolute atomic E-state index is 13.7. The summed E-state index contributed by atoms with van der Waals surface area (Å²) in [4.78, 5) is 29.1. The monoisotopic (exact) mass is 460 g/mol. The number of carbonyl (C=O) groups is 2. The Kier molecular flexibility index (Phi) is 7.95. The third-order valence-electron chi connectivity index (χ3n) is 6.36. The summed E-state index contributed by atoms with van der Waals surface area (Å²) in [6.07, 6.45) is 5.82. The van der Waals surface area contributed by atoms with E-state index < -0.39 is 6.04 Å². The fourth-order valence-electron chi connectivity index (χ4n) is 4.52. The second-order valence-electron chi connectivity index (χ2n) is 8.97. The Hall–Kier alpha value is -2.92. The highest BCUT2D eigenvalue weighted by atomic mass is 32.1. The summed E-state index contributed by atoms with van der Waals surface area (Å²) >= 11 is 1.58. The second-order valence-corrected chi connectivity index (χ2v) is 9.75. The molecule has 1 unspecified atom stereocenters. The first-order valence-corrected chi connectivity index (χ1v) is 12.8. The van der Waals surface area contributed by atoms with E-state index in [1.54, 1.807) is 16.2 Å². The average molecular weight is 461 g/mol. The van der Waals surface area contributed by atoms with Crippen molar-refractivity contribution in [2.75, 3.05) is 0 Å². The molecule has 1 fully saturated rings. The summed E-state index contributed by atoms with van der Waals surface area (Å²) in [7, 11) is 0. The highest BCUT2D eigenvalue weighted by molar-refractivity contribution is 7.08. The number of amides is 2. The fraction of sp³-hybridized carbons (Fsp3) is 0.357. The highest BCUT2D eigenvalue weighted by Crippen LogP contribution is 2.27. The molecule has 172 valence electrons. The van der Waals surface area contributed by atoms with Gasteiger partial charge in [-0.25, -0.2) is 0 Å². The molecule has 0 spiro atoms. The van der Waals surface area contributed by atoms with Gasteiger partial charge < -0.3 is 10.2 Å². The van der Waals surface area contributed by atoms with Crippen LogP contribution in [0.25, 0.3) is 0 Å². The number of thiophene rings is 1. The maximum atomic E-state index is 13.7. The second kappa shape index (κ2) is 11.3. The van der Waals surface area contributed by atoms with Crippen LogP contribution < -0.4 is 5.32 Å². The molecular formula is C28H32N2O2S. The minimum Gasteiger partial charge on any atom is -0.351 e. The van der Waals surface area contributed by atoms with E-state index in [1.165, 1.54) is 12.0 Å². The Balaban J connectivity index is 1.66. The smallest absolute Gasteiger partial charge is 0.247 e. The van der Waals surface area contributed by atoms with Gasteiger partial charge in [-0.2, -0.15) is 11.3 Å². The molecule has 1 saturated carbocycles. The van der Waals surface area contributed by atoms with Crippen LogP contribution in [0.15, 0.2) is 71.4 Å². The zero-order chi connectivity index (χ0) is 23.0. The molecule has 2 aromatic carbocycles. The van der Waals surface area contributed by atoms with Crippen LogP contribution >= 0.6 is 11.3 Å². The molecule has 1 aliphatic carbocycles. The van der Waals surface area contributed by atoms with Gasteiger partial charge in [0.1, 0.15) is 6.04 Å². The Morgan fingerprint density at radius 3 is 2.36 bits per heavy atom. The third-order valence-corrected chi connectivity index (χ3v) is 7.09. The third kappa shape index (κ3) is 6.32. The average Bonchev–Trinajstić information content (AvgIpc) is 3.34. The summed E-state index contributed by atoms with van der Waals surface area (Å²) in [5.74, 6) is -0.125. The molecule has 0 aliphatic heterocycles. The fourth-order valence-corrected chi connectivity index (χ4v) is 5.19. The van der Waals surface area contributed by atoms with Crippen LogP contribution in [-0.4, -0.2) is 22.8 Å². The lowest BCUT2D eigenvalue weighted by molar-refractivity contribution is -0.141. The molecule has 1 aromatic heterocycles. The van der Waals surface area contributed by atoms with Gasteiger partial charge in [0.05, 0.1) is 6.42 Å². The quantitative estimate of drug-likeness (QED) is 0.461. The topological polar surface area (TPSA) is 49.4 Å². The van der Waals surface area contributed by atoms with Crippen molar-refractivity contribution in [1.82, 2.24) is 10.2 Å². The van der Waals surface area contributed by atoms with Crippen LogP contribution in [0.5, 0.6) is 0 Å². The zero-order valence-corrected chi connectivity index (χ0v) is 20.0. The van der Waals surface area contributed by atoms with Gasteiger partial charge >= 0.3 is 0 Å². The molecule has 1 aliphatic rings. The van der Waals surface area contributed by atoms with Gasteiger partial charge in [-0.1, -0.05) is 79.4 Å². The summed E-state index contributed by atoms with van der Waals surface area (Å²) in [5, 5.41) is 7.26. The number of hydrogen-bond acceptors (Lipinski definition) is 3. The van der Waals surface area contributed by atoms with Crippen molar-refractivity contribution in [2.45, 2.75) is 64.1 Å². The molecular weight excluding hydrogens is 428 g/mol. The molecule has 33 heavy (non-hydrogen) atoms. The zero-order valence-electron chi connectivity index (χ0n) is 19.2. The Bertz CT molecular complexity index is 1030. The van der Waals surface area contributed by atoms with Gasteiger partial charge in [-0.15, -0.1) is 0 Å². The molecule has 1 heterocycles. The van der Waals surface area contributed by atoms with Crippen LogP contribution in [0.2, 0.25) is 0 Å². The molecule has 0 radical (unpaired) electrons. The number of benzene rings is 2. The first-order chi connectivity index (χ1) is 16.1. The Morgan fingerprint density at radius 2 is 1.70 bits per heavy atom. The Morgan fingerprint density at radius 1 is 0.970 bits per heavy atom. The number of carbonyl (C=O) groups excluding carboxylic acids is 2. The molecule has 5 heteroatoms. The minimum atomic E-state index is -0.666. The first kappa shape index (κ1) is 23.2. The van der Waals surface area contributed by atoms with E-state index in [0.29, 0.717) is 6.54 Å². The van der Waals surface area contributed by atoms with Crippen LogP contribution in [0, 0.1) is 6.92 Å². The number of nitrogens with zero attached hydrogens (tertiary/aromatic N) is 1. The van der Waals surface area contributed by atoms with Crippen molar-refractivity contribution in [2.24, 2.45) is 0 Å². The number of aryl methyl sites for hydroxylation is 1. The van der Waals surface area contributed by atoms with E-state index in [1.807, 2.05) is 66.2 Å². The van der Waals surface area contributed by atoms with E-state index in [4.69, 9.17) is 0 Å². The molecule has 1 N–H and O–H groups in total. The Labute approximate surface area is 200 Å². The first-order valence-electron chi connectivity index (χ1n) is 11.8. The van der Waals surface area contributed by atoms with Gasteiger partial charge in [-0.05, 0) is 53.3 Å². The molecule has 1 atom stereocenters. The van der Waals surface area contributed by atoms with E-state index >= 15 is 0 Å². The van der Waals surface area contributed by atoms with Gasteiger partial charge in [0, 0.05) is 12.6 Å². The van der Waals surface area contributed by atoms with Crippen molar-refractivity contribution >= 4 is 23.2 Å². The van der Waals surface area contributed by atoms with Crippen molar-refractivity contribution in [1.29, 1.82) is 0 Å². The van der Waals surface area contributed by atoms with E-state index in [9.17, 15) is 9.59 Å². The minimum absolute atomic E-state index is 0.0402. The predicted molar refractivity (Wildman–Crippen MR) is 134 cm³/mol. The van der Waals surface area contributed by atoms with Gasteiger partial charge in [-0.3, -0.25) is 9.59 Å².